The van der Waals surface area contributed by atoms with Crippen LogP contribution in [0.5, 0.6) is 0 Å². The van der Waals surface area contributed by atoms with Crippen molar-refractivity contribution in [2.24, 2.45) is 5.92 Å². The lowest BCUT2D eigenvalue weighted by Gasteiger charge is -2.13. The molecule has 1 saturated heterocycles. The number of aromatic amines is 1. The van der Waals surface area contributed by atoms with E-state index >= 15 is 0 Å². The molecular formula is C13H19N5O. The number of aromatic nitrogens is 3. The van der Waals surface area contributed by atoms with E-state index in [1.54, 1.807) is 0 Å². The Labute approximate surface area is 111 Å². The van der Waals surface area contributed by atoms with Gasteiger partial charge in [0, 0.05) is 25.3 Å². The molecule has 0 aliphatic carbocycles. The highest BCUT2D eigenvalue weighted by Crippen LogP contribution is 2.23. The standard InChI is InChI=1S/C13H19N5O/c1-2-8-4-18(6-11(8)19)5-9-3-10-12(17-9)13(14)16-7-15-10/h3,7-8,11,17,19H,2,4-6H2,1H3,(H2,14,15,16)/t8-,11+/m1/s1. The highest BCUT2D eigenvalue weighted by atomic mass is 16.3. The largest absolute Gasteiger partial charge is 0.391 e. The molecule has 2 aromatic heterocycles. The van der Waals surface area contributed by atoms with Gasteiger partial charge in [-0.25, -0.2) is 9.97 Å². The van der Waals surface area contributed by atoms with Gasteiger partial charge in [0.25, 0.3) is 0 Å². The topological polar surface area (TPSA) is 91.1 Å². The number of anilines is 1. The minimum atomic E-state index is -0.209. The number of aliphatic hydroxyl groups excluding tert-OH is 1. The maximum absolute atomic E-state index is 9.93. The summed E-state index contributed by atoms with van der Waals surface area (Å²) in [6, 6.07) is 2.00. The molecule has 0 radical (unpaired) electrons. The van der Waals surface area contributed by atoms with Crippen molar-refractivity contribution in [1.29, 1.82) is 0 Å². The fraction of sp³-hybridized carbons (Fsp3) is 0.538. The van der Waals surface area contributed by atoms with Crippen molar-refractivity contribution in [3.05, 3.63) is 18.1 Å². The maximum atomic E-state index is 9.93. The molecule has 102 valence electrons. The molecule has 1 aliphatic rings. The molecule has 2 aromatic rings. The van der Waals surface area contributed by atoms with Crippen LogP contribution in [0.15, 0.2) is 12.4 Å². The van der Waals surface area contributed by atoms with E-state index in [1.165, 1.54) is 6.33 Å². The van der Waals surface area contributed by atoms with E-state index in [-0.39, 0.29) is 6.10 Å². The fourth-order valence-corrected chi connectivity index (χ4v) is 2.81. The minimum absolute atomic E-state index is 0.209. The van der Waals surface area contributed by atoms with Crippen LogP contribution in [0.25, 0.3) is 11.0 Å². The van der Waals surface area contributed by atoms with E-state index in [4.69, 9.17) is 5.73 Å². The Kier molecular flexibility index (Phi) is 3.12. The number of hydrogen-bond acceptors (Lipinski definition) is 5. The van der Waals surface area contributed by atoms with E-state index in [1.807, 2.05) is 6.07 Å². The van der Waals surface area contributed by atoms with E-state index in [0.29, 0.717) is 11.7 Å². The highest BCUT2D eigenvalue weighted by Gasteiger charge is 2.29. The first-order valence-corrected chi connectivity index (χ1v) is 6.66. The van der Waals surface area contributed by atoms with Gasteiger partial charge in [-0.1, -0.05) is 6.92 Å². The van der Waals surface area contributed by atoms with Crippen LogP contribution >= 0.6 is 0 Å². The molecule has 2 atom stereocenters. The first kappa shape index (κ1) is 12.4. The first-order valence-electron chi connectivity index (χ1n) is 6.66. The van der Waals surface area contributed by atoms with Gasteiger partial charge >= 0.3 is 0 Å². The number of nitrogens with zero attached hydrogens (tertiary/aromatic N) is 3. The van der Waals surface area contributed by atoms with Crippen LogP contribution < -0.4 is 5.73 Å². The molecule has 0 saturated carbocycles. The predicted octanol–water partition coefficient (Wildman–Crippen LogP) is 0.743. The van der Waals surface area contributed by atoms with Gasteiger partial charge < -0.3 is 15.8 Å². The van der Waals surface area contributed by atoms with Gasteiger partial charge in [-0.05, 0) is 18.4 Å². The molecule has 3 rings (SSSR count). The average molecular weight is 261 g/mol. The maximum Gasteiger partial charge on any atom is 0.151 e. The molecule has 0 spiro atoms. The number of likely N-dealkylation sites (tertiary alicyclic amines) is 1. The summed E-state index contributed by atoms with van der Waals surface area (Å²) in [6.07, 6.45) is 2.28. The monoisotopic (exact) mass is 261 g/mol. The summed E-state index contributed by atoms with van der Waals surface area (Å²) in [5.41, 5.74) is 8.51. The summed E-state index contributed by atoms with van der Waals surface area (Å²) in [6.45, 7) is 4.57. The predicted molar refractivity (Wildman–Crippen MR) is 73.4 cm³/mol. The van der Waals surface area contributed by atoms with Crippen LogP contribution in [-0.2, 0) is 6.54 Å². The zero-order chi connectivity index (χ0) is 13.4. The van der Waals surface area contributed by atoms with Crippen LogP contribution in [0.2, 0.25) is 0 Å². The van der Waals surface area contributed by atoms with Gasteiger partial charge in [-0.3, -0.25) is 4.90 Å². The zero-order valence-corrected chi connectivity index (χ0v) is 11.0. The minimum Gasteiger partial charge on any atom is -0.391 e. The summed E-state index contributed by atoms with van der Waals surface area (Å²) in [4.78, 5) is 13.7. The van der Waals surface area contributed by atoms with Crippen LogP contribution in [0.3, 0.4) is 0 Å². The lowest BCUT2D eigenvalue weighted by molar-refractivity contribution is 0.139. The lowest BCUT2D eigenvalue weighted by Crippen LogP contribution is -2.21. The molecule has 0 bridgehead atoms. The molecule has 19 heavy (non-hydrogen) atoms. The van der Waals surface area contributed by atoms with Gasteiger partial charge in [0.1, 0.15) is 11.8 Å². The van der Waals surface area contributed by atoms with Gasteiger partial charge in [-0.2, -0.15) is 0 Å². The molecular weight excluding hydrogens is 242 g/mol. The second-order valence-corrected chi connectivity index (χ2v) is 5.24. The van der Waals surface area contributed by atoms with Crippen molar-refractivity contribution >= 4 is 16.9 Å². The van der Waals surface area contributed by atoms with Crippen molar-refractivity contribution in [3.8, 4) is 0 Å². The number of aliphatic hydroxyl groups is 1. The number of rotatable bonds is 3. The summed E-state index contributed by atoms with van der Waals surface area (Å²) >= 11 is 0. The molecule has 0 amide bonds. The molecule has 0 unspecified atom stereocenters. The van der Waals surface area contributed by atoms with Crippen LogP contribution in [0, 0.1) is 5.92 Å². The second-order valence-electron chi connectivity index (χ2n) is 5.24. The lowest BCUT2D eigenvalue weighted by atomic mass is 10.0. The fourth-order valence-electron chi connectivity index (χ4n) is 2.81. The third kappa shape index (κ3) is 2.29. The van der Waals surface area contributed by atoms with Crippen molar-refractivity contribution < 1.29 is 5.11 Å². The number of nitrogens with two attached hydrogens (primary N) is 1. The SMILES string of the molecule is CC[C@@H]1CN(Cc2cc3ncnc(N)c3[nH]2)C[C@@H]1O. The number of fused-ring (bicyclic) bond motifs is 1. The zero-order valence-electron chi connectivity index (χ0n) is 11.0. The van der Waals surface area contributed by atoms with Crippen LogP contribution in [-0.4, -0.2) is 44.2 Å². The molecule has 1 aliphatic heterocycles. The molecule has 6 nitrogen and oxygen atoms in total. The number of β-amino-alcohol motifs (C(OH)–C–C–N with tert-alkyl or cyclic N) is 1. The third-order valence-electron chi connectivity index (χ3n) is 3.90. The summed E-state index contributed by atoms with van der Waals surface area (Å²) in [5, 5.41) is 9.93. The Hall–Kier alpha value is -1.66. The van der Waals surface area contributed by atoms with Crippen molar-refractivity contribution in [1.82, 2.24) is 19.9 Å². The molecule has 3 heterocycles. The molecule has 1 fully saturated rings. The molecule has 4 N–H and O–H groups in total. The van der Waals surface area contributed by atoms with Crippen LogP contribution in [0.4, 0.5) is 5.82 Å². The number of H-pyrrole nitrogens is 1. The second kappa shape index (κ2) is 4.79. The van der Waals surface area contributed by atoms with Gasteiger partial charge in [0.2, 0.25) is 0 Å². The first-order chi connectivity index (χ1) is 9.17. The van der Waals surface area contributed by atoms with E-state index in [9.17, 15) is 5.11 Å². The van der Waals surface area contributed by atoms with E-state index in [2.05, 4.69) is 26.8 Å². The Morgan fingerprint density at radius 3 is 3.00 bits per heavy atom. The van der Waals surface area contributed by atoms with Crippen molar-refractivity contribution in [2.75, 3.05) is 18.8 Å². The smallest absolute Gasteiger partial charge is 0.151 e. The normalized spacial score (nSPS) is 24.3. The quantitative estimate of drug-likeness (QED) is 0.758. The number of hydrogen-bond donors (Lipinski definition) is 3. The van der Waals surface area contributed by atoms with Crippen LogP contribution in [0.1, 0.15) is 19.0 Å². The Bertz CT molecular complexity index is 581. The van der Waals surface area contributed by atoms with Crippen molar-refractivity contribution in [3.63, 3.8) is 0 Å². The average Bonchev–Trinajstić information content (AvgIpc) is 2.94. The van der Waals surface area contributed by atoms with Gasteiger partial charge in [-0.15, -0.1) is 0 Å². The Morgan fingerprint density at radius 2 is 2.32 bits per heavy atom. The molecule has 0 aromatic carbocycles. The van der Waals surface area contributed by atoms with Gasteiger partial charge in [0.05, 0.1) is 11.6 Å². The summed E-state index contributed by atoms with van der Waals surface area (Å²) in [5.74, 6) is 0.860. The van der Waals surface area contributed by atoms with E-state index in [0.717, 1.165) is 42.8 Å². The van der Waals surface area contributed by atoms with Gasteiger partial charge in [0.15, 0.2) is 5.82 Å². The number of nitrogen functional groups attached to an aromatic ring is 1. The Morgan fingerprint density at radius 1 is 1.47 bits per heavy atom. The molecule has 6 heteroatoms. The van der Waals surface area contributed by atoms with E-state index < -0.39 is 0 Å². The van der Waals surface area contributed by atoms with Crippen molar-refractivity contribution in [2.45, 2.75) is 26.0 Å². The number of nitrogens with one attached hydrogen (secondary N) is 1. The summed E-state index contributed by atoms with van der Waals surface area (Å²) in [7, 11) is 0. The highest BCUT2D eigenvalue weighted by molar-refractivity contribution is 5.84. The Balaban J connectivity index is 1.77. The third-order valence-corrected chi connectivity index (χ3v) is 3.90. The summed E-state index contributed by atoms with van der Waals surface area (Å²) < 4.78 is 0.